The van der Waals surface area contributed by atoms with E-state index in [1.54, 1.807) is 72.1 Å². The quantitative estimate of drug-likeness (QED) is 0.348. The molecule has 0 saturated carbocycles. The summed E-state index contributed by atoms with van der Waals surface area (Å²) in [6.07, 6.45) is 0.808. The standard InChI is InChI=1S/C21H21FN6O4S3/c22-18-14-24-20(26-16-8-3-1-4-9-16)28(35(23,31)32)21(18,27-17-10-5-2-6-11-17)15-25-34(29,30)19-12-7-13-33-19/h1-14,25,27H,15H2,(H,24,26)(H2,23,31,32). The van der Waals surface area contributed by atoms with Crippen molar-refractivity contribution in [2.75, 3.05) is 17.2 Å². The summed E-state index contributed by atoms with van der Waals surface area (Å²) in [5.74, 6) is -1.42. The van der Waals surface area contributed by atoms with Crippen molar-refractivity contribution in [1.29, 1.82) is 0 Å². The molecule has 0 spiro atoms. The van der Waals surface area contributed by atoms with Crippen LogP contribution in [-0.4, -0.2) is 39.3 Å². The molecule has 1 unspecified atom stereocenters. The Morgan fingerprint density at radius 1 is 0.943 bits per heavy atom. The Balaban J connectivity index is 1.81. The monoisotopic (exact) mass is 536 g/mol. The van der Waals surface area contributed by atoms with E-state index < -0.39 is 38.3 Å². The highest BCUT2D eigenvalue weighted by atomic mass is 32.2. The summed E-state index contributed by atoms with van der Waals surface area (Å²) < 4.78 is 69.9. The molecule has 3 aromatic rings. The van der Waals surface area contributed by atoms with Crippen molar-refractivity contribution in [2.24, 2.45) is 10.1 Å². The molecule has 14 heteroatoms. The number of aliphatic imine (C=N–C) groups is 1. The van der Waals surface area contributed by atoms with Crippen LogP contribution in [0.2, 0.25) is 0 Å². The van der Waals surface area contributed by atoms with Crippen molar-refractivity contribution in [3.05, 3.63) is 90.2 Å². The van der Waals surface area contributed by atoms with Gasteiger partial charge < -0.3 is 10.6 Å². The first kappa shape index (κ1) is 24.8. The normalized spacial score (nSPS) is 18.5. The summed E-state index contributed by atoms with van der Waals surface area (Å²) in [7, 11) is -8.82. The Hall–Kier alpha value is -3.30. The first-order chi connectivity index (χ1) is 16.6. The van der Waals surface area contributed by atoms with Crippen LogP contribution in [0.15, 0.2) is 99.4 Å². The van der Waals surface area contributed by atoms with Crippen LogP contribution in [-0.2, 0) is 20.2 Å². The molecule has 2 aromatic carbocycles. The number of sulfonamides is 1. The number of nitrogens with two attached hydrogens (primary N) is 1. The largest absolute Gasteiger partial charge is 0.355 e. The van der Waals surface area contributed by atoms with E-state index in [0.29, 0.717) is 15.7 Å². The van der Waals surface area contributed by atoms with Crippen LogP contribution >= 0.6 is 11.3 Å². The second-order valence-corrected chi connectivity index (χ2v) is 11.7. The Kier molecular flexibility index (Phi) is 6.91. The Morgan fingerprint density at radius 2 is 1.57 bits per heavy atom. The maximum absolute atomic E-state index is 15.7. The molecule has 1 aromatic heterocycles. The van der Waals surface area contributed by atoms with Crippen LogP contribution in [0.1, 0.15) is 0 Å². The number of nitrogens with zero attached hydrogens (tertiary/aromatic N) is 2. The SMILES string of the molecule is NS(=O)(=O)N1C(Nc2ccccc2)=NC=C(F)C1(CNS(=O)(=O)c1cccs1)Nc1ccccc1. The molecular formula is C21H21FN6O4S3. The van der Waals surface area contributed by atoms with Crippen molar-refractivity contribution in [1.82, 2.24) is 9.03 Å². The minimum absolute atomic E-state index is 0.0222. The van der Waals surface area contributed by atoms with Gasteiger partial charge in [-0.3, -0.25) is 0 Å². The van der Waals surface area contributed by atoms with Gasteiger partial charge in [-0.2, -0.15) is 12.7 Å². The zero-order valence-electron chi connectivity index (χ0n) is 18.0. The third-order valence-electron chi connectivity index (χ3n) is 4.92. The number of nitrogens with one attached hydrogen (secondary N) is 3. The Morgan fingerprint density at radius 3 is 2.14 bits per heavy atom. The molecule has 1 aliphatic rings. The second-order valence-electron chi connectivity index (χ2n) is 7.34. The predicted octanol–water partition coefficient (Wildman–Crippen LogP) is 2.63. The molecule has 0 saturated heterocycles. The van der Waals surface area contributed by atoms with Gasteiger partial charge in [0, 0.05) is 11.4 Å². The molecule has 184 valence electrons. The van der Waals surface area contributed by atoms with Gasteiger partial charge in [0.1, 0.15) is 4.21 Å². The molecule has 0 radical (unpaired) electrons. The van der Waals surface area contributed by atoms with Crippen molar-refractivity contribution in [3.8, 4) is 0 Å². The van der Waals surface area contributed by atoms with Crippen LogP contribution in [0.5, 0.6) is 0 Å². The molecule has 0 aliphatic carbocycles. The Labute approximate surface area is 206 Å². The number of para-hydroxylation sites is 2. The molecular weight excluding hydrogens is 515 g/mol. The molecule has 1 aliphatic heterocycles. The van der Waals surface area contributed by atoms with E-state index in [0.717, 1.165) is 17.5 Å². The second kappa shape index (κ2) is 9.75. The van der Waals surface area contributed by atoms with Crippen molar-refractivity contribution in [3.63, 3.8) is 0 Å². The average molecular weight is 537 g/mol. The lowest BCUT2D eigenvalue weighted by atomic mass is 10.1. The molecule has 5 N–H and O–H groups in total. The van der Waals surface area contributed by atoms with Crippen LogP contribution in [0.4, 0.5) is 15.8 Å². The molecule has 4 rings (SSSR count). The van der Waals surface area contributed by atoms with Gasteiger partial charge in [0.2, 0.25) is 16.0 Å². The summed E-state index contributed by atoms with van der Waals surface area (Å²) in [6, 6.07) is 19.5. The van der Waals surface area contributed by atoms with E-state index in [1.165, 1.54) is 6.07 Å². The van der Waals surface area contributed by atoms with E-state index in [4.69, 9.17) is 5.14 Å². The fraction of sp³-hybridized carbons (Fsp3) is 0.0952. The minimum atomic E-state index is -4.71. The van der Waals surface area contributed by atoms with Crippen molar-refractivity contribution >= 4 is 48.9 Å². The topological polar surface area (TPSA) is 146 Å². The summed E-state index contributed by atoms with van der Waals surface area (Å²) in [5, 5.41) is 12.7. The fourth-order valence-corrected chi connectivity index (χ4v) is 6.45. The van der Waals surface area contributed by atoms with Crippen LogP contribution in [0.3, 0.4) is 0 Å². The maximum atomic E-state index is 15.7. The number of hydrogen-bond donors (Lipinski definition) is 4. The summed E-state index contributed by atoms with van der Waals surface area (Å²) in [5.41, 5.74) is -1.57. The molecule has 35 heavy (non-hydrogen) atoms. The number of rotatable bonds is 8. The van der Waals surface area contributed by atoms with Crippen molar-refractivity contribution in [2.45, 2.75) is 9.87 Å². The van der Waals surface area contributed by atoms with E-state index in [2.05, 4.69) is 20.3 Å². The summed E-state index contributed by atoms with van der Waals surface area (Å²) in [4.78, 5) is 3.90. The summed E-state index contributed by atoms with van der Waals surface area (Å²) >= 11 is 0.957. The van der Waals surface area contributed by atoms with E-state index in [-0.39, 0.29) is 10.2 Å². The minimum Gasteiger partial charge on any atom is -0.355 e. The average Bonchev–Trinajstić information content (AvgIpc) is 3.37. The zero-order valence-corrected chi connectivity index (χ0v) is 20.4. The van der Waals surface area contributed by atoms with Crippen LogP contribution in [0, 0.1) is 0 Å². The molecule has 1 atom stereocenters. The van der Waals surface area contributed by atoms with Crippen molar-refractivity contribution < 1.29 is 21.2 Å². The first-order valence-electron chi connectivity index (χ1n) is 10.1. The highest BCUT2D eigenvalue weighted by Gasteiger charge is 2.51. The van der Waals surface area contributed by atoms with E-state index >= 15 is 4.39 Å². The highest BCUT2D eigenvalue weighted by Crippen LogP contribution is 2.34. The number of benzene rings is 2. The highest BCUT2D eigenvalue weighted by molar-refractivity contribution is 7.91. The van der Waals surface area contributed by atoms with Gasteiger partial charge in [0.05, 0.1) is 12.7 Å². The maximum Gasteiger partial charge on any atom is 0.303 e. The lowest BCUT2D eigenvalue weighted by Gasteiger charge is -2.44. The first-order valence-corrected chi connectivity index (χ1v) is 13.9. The number of hydrogen-bond acceptors (Lipinski definition) is 8. The predicted molar refractivity (Wildman–Crippen MR) is 134 cm³/mol. The number of guanidine groups is 1. The third kappa shape index (κ3) is 5.36. The number of halogens is 1. The lowest BCUT2D eigenvalue weighted by molar-refractivity contribution is 0.288. The van der Waals surface area contributed by atoms with Gasteiger partial charge in [-0.25, -0.2) is 27.7 Å². The zero-order chi connectivity index (χ0) is 25.1. The number of anilines is 2. The number of thiophene rings is 1. The smallest absolute Gasteiger partial charge is 0.303 e. The van der Waals surface area contributed by atoms with Gasteiger partial charge >= 0.3 is 10.2 Å². The fourth-order valence-electron chi connectivity index (χ4n) is 3.38. The van der Waals surface area contributed by atoms with Crippen LogP contribution < -0.4 is 20.5 Å². The van der Waals surface area contributed by atoms with Gasteiger partial charge in [-0.05, 0) is 35.7 Å². The van der Waals surface area contributed by atoms with Gasteiger partial charge in [0.15, 0.2) is 11.5 Å². The Bertz CT molecular complexity index is 1450. The molecule has 10 nitrogen and oxygen atoms in total. The van der Waals surface area contributed by atoms with Gasteiger partial charge in [-0.15, -0.1) is 11.3 Å². The summed E-state index contributed by atoms with van der Waals surface area (Å²) in [6.45, 7) is -0.754. The van der Waals surface area contributed by atoms with E-state index in [1.807, 2.05) is 0 Å². The lowest BCUT2D eigenvalue weighted by Crippen LogP contribution is -2.68. The molecule has 0 bridgehead atoms. The van der Waals surface area contributed by atoms with Gasteiger partial charge in [0.25, 0.3) is 0 Å². The molecule has 0 fully saturated rings. The van der Waals surface area contributed by atoms with Crippen LogP contribution in [0.25, 0.3) is 0 Å². The van der Waals surface area contributed by atoms with Gasteiger partial charge in [-0.1, -0.05) is 42.5 Å². The third-order valence-corrected chi connectivity index (χ3v) is 8.71. The molecule has 2 heterocycles. The van der Waals surface area contributed by atoms with E-state index in [9.17, 15) is 16.8 Å². The molecule has 0 amide bonds.